The van der Waals surface area contributed by atoms with Crippen LogP contribution in [0.5, 0.6) is 5.75 Å². The van der Waals surface area contributed by atoms with Gasteiger partial charge in [0.05, 0.1) is 12.8 Å². The lowest BCUT2D eigenvalue weighted by atomic mass is 10.2. The van der Waals surface area contributed by atoms with Gasteiger partial charge in [0.15, 0.2) is 11.6 Å². The molecule has 0 bridgehead atoms. The second kappa shape index (κ2) is 4.82. The number of anilines is 2. The summed E-state index contributed by atoms with van der Waals surface area (Å²) in [6.45, 7) is 1.97. The van der Waals surface area contributed by atoms with Gasteiger partial charge in [-0.3, -0.25) is 0 Å². The summed E-state index contributed by atoms with van der Waals surface area (Å²) in [7, 11) is 1.44. The fourth-order valence-electron chi connectivity index (χ4n) is 1.56. The number of hydrogen-bond donors (Lipinski definition) is 1. The molecule has 1 heterocycles. The van der Waals surface area contributed by atoms with Crippen LogP contribution in [-0.4, -0.2) is 12.1 Å². The Balaban J connectivity index is 2.33. The topological polar surface area (TPSA) is 34.1 Å². The molecule has 2 aromatic rings. The summed E-state index contributed by atoms with van der Waals surface area (Å²) in [5.74, 6) is 0.454. The first-order valence-electron chi connectivity index (χ1n) is 5.23. The Bertz CT molecular complexity index is 529. The summed E-state index contributed by atoms with van der Waals surface area (Å²) < 4.78 is 18.5. The number of nitrogens with zero attached hydrogens (tertiary/aromatic N) is 1. The minimum Gasteiger partial charge on any atom is -0.492 e. The number of halogens is 1. The molecule has 88 valence electrons. The average Bonchev–Trinajstić information content (AvgIpc) is 2.29. The average molecular weight is 232 g/mol. The number of nitrogens with one attached hydrogen (secondary N) is 1. The highest BCUT2D eigenvalue weighted by Gasteiger charge is 2.08. The van der Waals surface area contributed by atoms with Crippen LogP contribution in [0.3, 0.4) is 0 Å². The number of methoxy groups -OCH3 is 1. The second-order valence-electron chi connectivity index (χ2n) is 3.66. The highest BCUT2D eigenvalue weighted by molar-refractivity contribution is 5.64. The molecule has 0 saturated carbocycles. The van der Waals surface area contributed by atoms with Gasteiger partial charge in [-0.2, -0.15) is 0 Å². The van der Waals surface area contributed by atoms with E-state index in [1.165, 1.54) is 13.2 Å². The lowest BCUT2D eigenvalue weighted by Gasteiger charge is -2.11. The van der Waals surface area contributed by atoms with Crippen molar-refractivity contribution in [3.8, 4) is 5.75 Å². The SMILES string of the molecule is COc1c(F)cccc1Nc1cc(C)ccn1. The summed E-state index contributed by atoms with van der Waals surface area (Å²) in [4.78, 5) is 4.15. The summed E-state index contributed by atoms with van der Waals surface area (Å²) in [6.07, 6.45) is 1.70. The Kier molecular flexibility index (Phi) is 3.23. The molecule has 0 fully saturated rings. The fraction of sp³-hybridized carbons (Fsp3) is 0.154. The number of benzene rings is 1. The molecular weight excluding hydrogens is 219 g/mol. The van der Waals surface area contributed by atoms with Gasteiger partial charge in [-0.25, -0.2) is 9.37 Å². The van der Waals surface area contributed by atoms with Crippen molar-refractivity contribution < 1.29 is 9.13 Å². The molecule has 4 heteroatoms. The predicted octanol–water partition coefficient (Wildman–Crippen LogP) is 3.28. The van der Waals surface area contributed by atoms with Crippen LogP contribution >= 0.6 is 0 Å². The number of ether oxygens (including phenoxy) is 1. The second-order valence-corrected chi connectivity index (χ2v) is 3.66. The number of hydrogen-bond acceptors (Lipinski definition) is 3. The standard InChI is InChI=1S/C13H13FN2O/c1-9-6-7-15-12(8-9)16-11-5-3-4-10(14)13(11)17-2/h3-8H,1-2H3,(H,15,16). The van der Waals surface area contributed by atoms with Gasteiger partial charge in [-0.05, 0) is 36.8 Å². The van der Waals surface area contributed by atoms with Gasteiger partial charge in [0.2, 0.25) is 0 Å². The molecule has 0 atom stereocenters. The van der Waals surface area contributed by atoms with Crippen LogP contribution in [0.2, 0.25) is 0 Å². The molecular formula is C13H13FN2O. The van der Waals surface area contributed by atoms with E-state index < -0.39 is 5.82 Å². The Morgan fingerprint density at radius 1 is 1.29 bits per heavy atom. The maximum Gasteiger partial charge on any atom is 0.178 e. The van der Waals surface area contributed by atoms with E-state index >= 15 is 0 Å². The predicted molar refractivity (Wildman–Crippen MR) is 65.2 cm³/mol. The van der Waals surface area contributed by atoms with Crippen LogP contribution in [0.25, 0.3) is 0 Å². The molecule has 2 rings (SSSR count). The van der Waals surface area contributed by atoms with Crippen molar-refractivity contribution in [1.29, 1.82) is 0 Å². The summed E-state index contributed by atoms with van der Waals surface area (Å²) in [5.41, 5.74) is 1.64. The first kappa shape index (κ1) is 11.4. The molecule has 0 aliphatic rings. The van der Waals surface area contributed by atoms with E-state index in [1.807, 2.05) is 19.1 Å². The lowest BCUT2D eigenvalue weighted by Crippen LogP contribution is -1.98. The third kappa shape index (κ3) is 2.53. The molecule has 0 amide bonds. The van der Waals surface area contributed by atoms with Gasteiger partial charge in [0, 0.05) is 6.20 Å². The van der Waals surface area contributed by atoms with Gasteiger partial charge in [-0.1, -0.05) is 6.07 Å². The van der Waals surface area contributed by atoms with Gasteiger partial charge < -0.3 is 10.1 Å². The van der Waals surface area contributed by atoms with Gasteiger partial charge >= 0.3 is 0 Å². The van der Waals surface area contributed by atoms with Crippen molar-refractivity contribution in [3.05, 3.63) is 47.9 Å². The zero-order valence-electron chi connectivity index (χ0n) is 9.70. The molecule has 17 heavy (non-hydrogen) atoms. The van der Waals surface area contributed by atoms with E-state index in [-0.39, 0.29) is 5.75 Å². The molecule has 3 nitrogen and oxygen atoms in total. The molecule has 0 unspecified atom stereocenters. The van der Waals surface area contributed by atoms with Gasteiger partial charge in [-0.15, -0.1) is 0 Å². The van der Waals surface area contributed by atoms with Crippen molar-refractivity contribution in [2.24, 2.45) is 0 Å². The molecule has 1 aromatic heterocycles. The third-order valence-corrected chi connectivity index (χ3v) is 2.35. The molecule has 0 aliphatic carbocycles. The largest absolute Gasteiger partial charge is 0.492 e. The summed E-state index contributed by atoms with van der Waals surface area (Å²) in [6, 6.07) is 8.49. The van der Waals surface area contributed by atoms with Crippen LogP contribution in [0.1, 0.15) is 5.56 Å². The third-order valence-electron chi connectivity index (χ3n) is 2.35. The van der Waals surface area contributed by atoms with E-state index in [0.29, 0.717) is 11.5 Å². The Labute approximate surface area is 99.3 Å². The van der Waals surface area contributed by atoms with Crippen LogP contribution < -0.4 is 10.1 Å². The first-order chi connectivity index (χ1) is 8.20. The van der Waals surface area contributed by atoms with Crippen molar-refractivity contribution in [1.82, 2.24) is 4.98 Å². The Morgan fingerprint density at radius 3 is 2.82 bits per heavy atom. The number of para-hydroxylation sites is 1. The maximum atomic E-state index is 13.4. The van der Waals surface area contributed by atoms with Crippen LogP contribution in [0.15, 0.2) is 36.5 Å². The smallest absolute Gasteiger partial charge is 0.178 e. The first-order valence-corrected chi connectivity index (χ1v) is 5.23. The lowest BCUT2D eigenvalue weighted by molar-refractivity contribution is 0.388. The van der Waals surface area contributed by atoms with Crippen molar-refractivity contribution >= 4 is 11.5 Å². The molecule has 1 N–H and O–H groups in total. The van der Waals surface area contributed by atoms with E-state index in [4.69, 9.17) is 4.74 Å². The zero-order valence-corrected chi connectivity index (χ0v) is 9.70. The van der Waals surface area contributed by atoms with Crippen LogP contribution in [-0.2, 0) is 0 Å². The minimum atomic E-state index is -0.398. The molecule has 0 aliphatic heterocycles. The number of pyridine rings is 1. The van der Waals surface area contributed by atoms with Gasteiger partial charge in [0.1, 0.15) is 5.82 Å². The number of rotatable bonds is 3. The Hall–Kier alpha value is -2.10. The van der Waals surface area contributed by atoms with Gasteiger partial charge in [0.25, 0.3) is 0 Å². The maximum absolute atomic E-state index is 13.4. The van der Waals surface area contributed by atoms with Crippen molar-refractivity contribution in [2.75, 3.05) is 12.4 Å². The molecule has 0 spiro atoms. The van der Waals surface area contributed by atoms with Crippen molar-refractivity contribution in [2.45, 2.75) is 6.92 Å². The Morgan fingerprint density at radius 2 is 2.12 bits per heavy atom. The zero-order chi connectivity index (χ0) is 12.3. The summed E-state index contributed by atoms with van der Waals surface area (Å²) in [5, 5.41) is 3.03. The van der Waals surface area contributed by atoms with E-state index in [1.54, 1.807) is 18.3 Å². The highest BCUT2D eigenvalue weighted by Crippen LogP contribution is 2.29. The molecule has 0 radical (unpaired) electrons. The monoisotopic (exact) mass is 232 g/mol. The fourth-order valence-corrected chi connectivity index (χ4v) is 1.56. The van der Waals surface area contributed by atoms with E-state index in [2.05, 4.69) is 10.3 Å². The summed E-state index contributed by atoms with van der Waals surface area (Å²) >= 11 is 0. The minimum absolute atomic E-state index is 0.191. The molecule has 0 saturated heterocycles. The van der Waals surface area contributed by atoms with Crippen LogP contribution in [0.4, 0.5) is 15.9 Å². The molecule has 1 aromatic carbocycles. The normalized spacial score (nSPS) is 10.1. The number of aromatic nitrogens is 1. The highest BCUT2D eigenvalue weighted by atomic mass is 19.1. The number of aryl methyl sites for hydroxylation is 1. The quantitative estimate of drug-likeness (QED) is 0.881. The van der Waals surface area contributed by atoms with E-state index in [0.717, 1.165) is 5.56 Å². The van der Waals surface area contributed by atoms with E-state index in [9.17, 15) is 4.39 Å². The van der Waals surface area contributed by atoms with Crippen molar-refractivity contribution in [3.63, 3.8) is 0 Å². The van der Waals surface area contributed by atoms with Crippen LogP contribution in [0, 0.1) is 12.7 Å².